The molecule has 1 aromatic carbocycles. The van der Waals surface area contributed by atoms with Crippen LogP contribution in [0, 0.1) is 17.1 Å². The molecule has 0 unspecified atom stereocenters. The Morgan fingerprint density at radius 2 is 2.06 bits per heavy atom. The number of pyridine rings is 1. The smallest absolute Gasteiger partial charge is 0.229 e. The fourth-order valence-corrected chi connectivity index (χ4v) is 4.05. The molecule has 9 nitrogen and oxygen atoms in total. The minimum Gasteiger partial charge on any atom is -0.324 e. The summed E-state index contributed by atoms with van der Waals surface area (Å²) >= 11 is 0. The molecule has 0 spiro atoms. The SMILES string of the molecule is CN1CCc2c(F)cc(Nc3ncc(C#N)c(Nc4cccc(N=S(C)(C)=O)n4)n3)cc2C1. The van der Waals surface area contributed by atoms with Gasteiger partial charge in [0.2, 0.25) is 5.95 Å². The van der Waals surface area contributed by atoms with Crippen LogP contribution in [0.25, 0.3) is 0 Å². The largest absolute Gasteiger partial charge is 0.324 e. The molecule has 0 atom stereocenters. The number of nitrogens with one attached hydrogen (secondary N) is 2. The Morgan fingerprint density at radius 3 is 2.82 bits per heavy atom. The Hall–Kier alpha value is -3.62. The highest BCUT2D eigenvalue weighted by Crippen LogP contribution is 2.27. The maximum atomic E-state index is 14.6. The maximum Gasteiger partial charge on any atom is 0.229 e. The Balaban J connectivity index is 1.62. The predicted octanol–water partition coefficient (Wildman–Crippen LogP) is 3.72. The van der Waals surface area contributed by atoms with E-state index in [1.54, 1.807) is 18.2 Å². The summed E-state index contributed by atoms with van der Waals surface area (Å²) in [6.45, 7) is 1.48. The van der Waals surface area contributed by atoms with Gasteiger partial charge in [-0.2, -0.15) is 14.6 Å². The molecule has 3 aromatic rings. The summed E-state index contributed by atoms with van der Waals surface area (Å²) in [7, 11) is -0.373. The number of benzene rings is 1. The molecule has 0 saturated carbocycles. The van der Waals surface area contributed by atoms with Crippen LogP contribution in [0.4, 0.5) is 33.5 Å². The molecule has 2 N–H and O–H groups in total. The zero-order valence-electron chi connectivity index (χ0n) is 18.5. The molecule has 0 radical (unpaired) electrons. The number of likely N-dealkylation sites (N-methyl/N-ethyl adjacent to an activating group) is 1. The Labute approximate surface area is 191 Å². The van der Waals surface area contributed by atoms with Crippen molar-refractivity contribution >= 4 is 38.8 Å². The first-order chi connectivity index (χ1) is 15.7. The quantitative estimate of drug-likeness (QED) is 0.584. The molecule has 0 amide bonds. The van der Waals surface area contributed by atoms with E-state index in [0.29, 0.717) is 30.3 Å². The molecular weight excluding hydrogens is 443 g/mol. The van der Waals surface area contributed by atoms with Crippen molar-refractivity contribution in [2.45, 2.75) is 13.0 Å². The number of rotatable bonds is 5. The van der Waals surface area contributed by atoms with Gasteiger partial charge in [0.15, 0.2) is 11.6 Å². The first-order valence-electron chi connectivity index (χ1n) is 10.2. The fourth-order valence-electron chi connectivity index (χ4n) is 3.50. The second-order valence-electron chi connectivity index (χ2n) is 8.05. The van der Waals surface area contributed by atoms with Gasteiger partial charge in [0.25, 0.3) is 0 Å². The average Bonchev–Trinajstić information content (AvgIpc) is 2.73. The van der Waals surface area contributed by atoms with E-state index in [0.717, 1.165) is 17.7 Å². The molecule has 2 aromatic heterocycles. The third kappa shape index (κ3) is 5.60. The van der Waals surface area contributed by atoms with Gasteiger partial charge in [-0.05, 0) is 48.9 Å². The van der Waals surface area contributed by atoms with Crippen molar-refractivity contribution in [3.63, 3.8) is 0 Å². The van der Waals surface area contributed by atoms with Crippen molar-refractivity contribution < 1.29 is 8.60 Å². The molecular formula is C22H23FN8OS. The van der Waals surface area contributed by atoms with E-state index in [1.165, 1.54) is 24.8 Å². The van der Waals surface area contributed by atoms with Crippen molar-refractivity contribution in [1.29, 1.82) is 5.26 Å². The summed E-state index contributed by atoms with van der Waals surface area (Å²) in [5.74, 6) is 0.847. The van der Waals surface area contributed by atoms with E-state index >= 15 is 0 Å². The van der Waals surface area contributed by atoms with Crippen molar-refractivity contribution in [2.24, 2.45) is 4.36 Å². The monoisotopic (exact) mass is 466 g/mol. The van der Waals surface area contributed by atoms with Gasteiger partial charge in [0.1, 0.15) is 23.3 Å². The number of halogens is 1. The molecule has 170 valence electrons. The first kappa shape index (κ1) is 22.6. The van der Waals surface area contributed by atoms with Crippen LogP contribution in [0.15, 0.2) is 40.9 Å². The van der Waals surface area contributed by atoms with Crippen LogP contribution < -0.4 is 10.6 Å². The van der Waals surface area contributed by atoms with Crippen molar-refractivity contribution in [2.75, 3.05) is 36.7 Å². The summed E-state index contributed by atoms with van der Waals surface area (Å²) in [6.07, 6.45) is 5.08. The van der Waals surface area contributed by atoms with E-state index in [4.69, 9.17) is 0 Å². The van der Waals surface area contributed by atoms with Crippen LogP contribution in [0.2, 0.25) is 0 Å². The Kier molecular flexibility index (Phi) is 6.22. The lowest BCUT2D eigenvalue weighted by molar-refractivity contribution is 0.309. The summed E-state index contributed by atoms with van der Waals surface area (Å²) in [6, 6.07) is 10.4. The second kappa shape index (κ2) is 9.09. The minimum absolute atomic E-state index is 0.200. The molecule has 0 aliphatic carbocycles. The topological polar surface area (TPSA) is 119 Å². The van der Waals surface area contributed by atoms with Gasteiger partial charge >= 0.3 is 0 Å². The zero-order chi connectivity index (χ0) is 23.6. The van der Waals surface area contributed by atoms with E-state index < -0.39 is 9.73 Å². The molecule has 11 heteroatoms. The van der Waals surface area contributed by atoms with E-state index in [2.05, 4.69) is 34.8 Å². The predicted molar refractivity (Wildman–Crippen MR) is 126 cm³/mol. The number of aromatic nitrogens is 3. The normalized spacial score (nSPS) is 13.7. The van der Waals surface area contributed by atoms with Gasteiger partial charge in [-0.3, -0.25) is 0 Å². The van der Waals surface area contributed by atoms with Gasteiger partial charge in [-0.1, -0.05) is 6.07 Å². The van der Waals surface area contributed by atoms with E-state index in [-0.39, 0.29) is 23.1 Å². The molecule has 1 aliphatic heterocycles. The summed E-state index contributed by atoms with van der Waals surface area (Å²) in [5.41, 5.74) is 2.39. The van der Waals surface area contributed by atoms with Crippen LogP contribution in [0.3, 0.4) is 0 Å². The summed E-state index contributed by atoms with van der Waals surface area (Å²) < 4.78 is 30.6. The van der Waals surface area contributed by atoms with Crippen LogP contribution in [0.5, 0.6) is 0 Å². The molecule has 3 heterocycles. The van der Waals surface area contributed by atoms with Gasteiger partial charge in [-0.25, -0.2) is 18.6 Å². The molecule has 33 heavy (non-hydrogen) atoms. The van der Waals surface area contributed by atoms with Crippen molar-refractivity contribution in [1.82, 2.24) is 19.9 Å². The molecule has 4 rings (SSSR count). The highest BCUT2D eigenvalue weighted by Gasteiger charge is 2.18. The van der Waals surface area contributed by atoms with Crippen molar-refractivity contribution in [3.8, 4) is 6.07 Å². The van der Waals surface area contributed by atoms with Crippen LogP contribution in [-0.2, 0) is 22.7 Å². The zero-order valence-corrected chi connectivity index (χ0v) is 19.3. The highest BCUT2D eigenvalue weighted by atomic mass is 32.2. The van der Waals surface area contributed by atoms with Crippen molar-refractivity contribution in [3.05, 3.63) is 59.0 Å². The van der Waals surface area contributed by atoms with E-state index in [9.17, 15) is 13.9 Å². The second-order valence-corrected chi connectivity index (χ2v) is 10.6. The average molecular weight is 467 g/mol. The maximum absolute atomic E-state index is 14.6. The number of nitrogens with zero attached hydrogens (tertiary/aromatic N) is 6. The summed E-state index contributed by atoms with van der Waals surface area (Å²) in [4.78, 5) is 15.0. The molecule has 0 fully saturated rings. The van der Waals surface area contributed by atoms with Gasteiger partial charge < -0.3 is 15.5 Å². The third-order valence-electron chi connectivity index (χ3n) is 4.93. The molecule has 0 saturated heterocycles. The Morgan fingerprint density at radius 1 is 1.24 bits per heavy atom. The number of nitriles is 1. The lowest BCUT2D eigenvalue weighted by atomic mass is 9.99. The van der Waals surface area contributed by atoms with Gasteiger partial charge in [0.05, 0.1) is 6.20 Å². The minimum atomic E-state index is -2.37. The van der Waals surface area contributed by atoms with Gasteiger partial charge in [-0.15, -0.1) is 0 Å². The number of anilines is 4. The highest BCUT2D eigenvalue weighted by molar-refractivity contribution is 7.92. The Bertz CT molecular complexity index is 1370. The number of hydrogen-bond donors (Lipinski definition) is 2. The molecule has 1 aliphatic rings. The van der Waals surface area contributed by atoms with Crippen LogP contribution in [0.1, 0.15) is 16.7 Å². The third-order valence-corrected chi connectivity index (χ3v) is 5.56. The lowest BCUT2D eigenvalue weighted by Gasteiger charge is -2.25. The van der Waals surface area contributed by atoms with Gasteiger partial charge in [0, 0.05) is 41.0 Å². The molecule has 0 bridgehead atoms. The number of fused-ring (bicyclic) bond motifs is 1. The van der Waals surface area contributed by atoms with E-state index in [1.807, 2.05) is 19.2 Å². The summed E-state index contributed by atoms with van der Waals surface area (Å²) in [5, 5.41) is 15.5. The fraction of sp³-hybridized carbons (Fsp3) is 0.273. The standard InChI is InChI=1S/C22H23FN8OS/c1-31-8-7-17-14(13-31)9-16(10-18(17)23)26-22-25-12-15(11-24)21(29-22)28-19-5-4-6-20(27-19)30-33(2,3)32/h4-6,9-10,12H,7-8,13H2,1-3H3,(H2,25,26,27,28,29). The van der Waals surface area contributed by atoms with Crippen LogP contribution in [-0.4, -0.2) is 50.2 Å². The number of hydrogen-bond acceptors (Lipinski definition) is 9. The van der Waals surface area contributed by atoms with Crippen LogP contribution >= 0.6 is 0 Å². The lowest BCUT2D eigenvalue weighted by Crippen LogP contribution is -2.27. The first-order valence-corrected chi connectivity index (χ1v) is 12.5.